The maximum Gasteiger partial charge on any atom is 0.264 e. The Morgan fingerprint density at radius 2 is 2.11 bits per heavy atom. The zero-order valence-electron chi connectivity index (χ0n) is 10.2. The number of rotatable bonds is 2. The lowest BCUT2D eigenvalue weighted by Crippen LogP contribution is -2.21. The Bertz CT molecular complexity index is 806. The summed E-state index contributed by atoms with van der Waals surface area (Å²) < 4.78 is 4.36. The highest BCUT2D eigenvalue weighted by Crippen LogP contribution is 2.12. The van der Waals surface area contributed by atoms with Crippen LogP contribution < -0.4 is 5.56 Å². The summed E-state index contributed by atoms with van der Waals surface area (Å²) in [6.45, 7) is 0.524. The van der Waals surface area contributed by atoms with Crippen LogP contribution in [0.3, 0.4) is 0 Å². The average Bonchev–Trinajstić information content (AvgIpc) is 2.77. The SMILES string of the molecule is Cn1cc2c(=O)n(Cc3ccccc3I)cnc2n1. The molecule has 0 unspecified atom stereocenters. The molecule has 0 atom stereocenters. The van der Waals surface area contributed by atoms with Gasteiger partial charge in [0, 0.05) is 16.8 Å². The minimum atomic E-state index is -0.0576. The minimum Gasteiger partial charge on any atom is -0.294 e. The summed E-state index contributed by atoms with van der Waals surface area (Å²) in [5.74, 6) is 0. The fourth-order valence-electron chi connectivity index (χ4n) is 1.98. The van der Waals surface area contributed by atoms with Crippen molar-refractivity contribution in [2.75, 3.05) is 0 Å². The fraction of sp³-hybridized carbons (Fsp3) is 0.154. The van der Waals surface area contributed by atoms with Gasteiger partial charge < -0.3 is 0 Å². The van der Waals surface area contributed by atoms with E-state index in [1.165, 1.54) is 0 Å². The molecule has 96 valence electrons. The molecule has 3 rings (SSSR count). The molecule has 0 saturated heterocycles. The third-order valence-electron chi connectivity index (χ3n) is 2.92. The monoisotopic (exact) mass is 366 g/mol. The van der Waals surface area contributed by atoms with E-state index in [0.29, 0.717) is 17.6 Å². The van der Waals surface area contributed by atoms with Crippen molar-refractivity contribution in [1.82, 2.24) is 19.3 Å². The van der Waals surface area contributed by atoms with E-state index in [1.54, 1.807) is 28.8 Å². The van der Waals surface area contributed by atoms with E-state index in [-0.39, 0.29) is 5.56 Å². The predicted molar refractivity (Wildman–Crippen MR) is 81.0 cm³/mol. The van der Waals surface area contributed by atoms with Gasteiger partial charge in [0.2, 0.25) is 0 Å². The van der Waals surface area contributed by atoms with Crippen molar-refractivity contribution in [2.45, 2.75) is 6.54 Å². The molecule has 0 aliphatic heterocycles. The highest BCUT2D eigenvalue weighted by Gasteiger charge is 2.08. The number of aryl methyl sites for hydroxylation is 1. The summed E-state index contributed by atoms with van der Waals surface area (Å²) in [6, 6.07) is 7.99. The van der Waals surface area contributed by atoms with E-state index >= 15 is 0 Å². The minimum absolute atomic E-state index is 0.0576. The summed E-state index contributed by atoms with van der Waals surface area (Å²) in [5, 5.41) is 4.68. The molecule has 0 saturated carbocycles. The van der Waals surface area contributed by atoms with E-state index in [4.69, 9.17) is 0 Å². The number of fused-ring (bicyclic) bond motifs is 1. The third-order valence-corrected chi connectivity index (χ3v) is 3.97. The molecule has 0 bridgehead atoms. The first kappa shape index (κ1) is 12.3. The molecule has 6 heteroatoms. The zero-order chi connectivity index (χ0) is 13.4. The third kappa shape index (κ3) is 2.27. The Balaban J connectivity index is 2.09. The zero-order valence-corrected chi connectivity index (χ0v) is 12.4. The molecule has 2 aromatic heterocycles. The number of aromatic nitrogens is 4. The van der Waals surface area contributed by atoms with Crippen LogP contribution in [-0.2, 0) is 13.6 Å². The molecule has 0 radical (unpaired) electrons. The standard InChI is InChI=1S/C13H11IN4O/c1-17-7-10-12(16-17)15-8-18(13(10)19)6-9-4-2-3-5-11(9)14/h2-5,7-8H,6H2,1H3. The van der Waals surface area contributed by atoms with Gasteiger partial charge in [0.15, 0.2) is 5.65 Å². The van der Waals surface area contributed by atoms with Gasteiger partial charge >= 0.3 is 0 Å². The van der Waals surface area contributed by atoms with Crippen LogP contribution in [-0.4, -0.2) is 19.3 Å². The quantitative estimate of drug-likeness (QED) is 0.650. The molecule has 0 spiro atoms. The van der Waals surface area contributed by atoms with Gasteiger partial charge in [0.05, 0.1) is 6.54 Å². The molecular weight excluding hydrogens is 355 g/mol. The average molecular weight is 366 g/mol. The van der Waals surface area contributed by atoms with Gasteiger partial charge in [-0.15, -0.1) is 0 Å². The van der Waals surface area contributed by atoms with Crippen LogP contribution in [0.15, 0.2) is 41.6 Å². The summed E-state index contributed by atoms with van der Waals surface area (Å²) in [5.41, 5.74) is 1.54. The second-order valence-corrected chi connectivity index (χ2v) is 5.47. The van der Waals surface area contributed by atoms with Crippen molar-refractivity contribution in [2.24, 2.45) is 7.05 Å². The lowest BCUT2D eigenvalue weighted by atomic mass is 10.2. The summed E-state index contributed by atoms with van der Waals surface area (Å²) >= 11 is 2.27. The van der Waals surface area contributed by atoms with Crippen LogP contribution in [0.4, 0.5) is 0 Å². The molecule has 0 amide bonds. The molecule has 0 aliphatic rings. The Labute approximate surface area is 123 Å². The topological polar surface area (TPSA) is 52.7 Å². The highest BCUT2D eigenvalue weighted by atomic mass is 127. The Hall–Kier alpha value is -1.70. The molecule has 3 aromatic rings. The smallest absolute Gasteiger partial charge is 0.264 e. The Morgan fingerprint density at radius 1 is 1.32 bits per heavy atom. The summed E-state index contributed by atoms with van der Waals surface area (Å²) in [6.07, 6.45) is 3.26. The van der Waals surface area contributed by atoms with Gasteiger partial charge in [0.25, 0.3) is 5.56 Å². The van der Waals surface area contributed by atoms with Gasteiger partial charge in [0.1, 0.15) is 11.7 Å². The maximum atomic E-state index is 12.3. The van der Waals surface area contributed by atoms with Crippen molar-refractivity contribution in [3.8, 4) is 0 Å². The predicted octanol–water partition coefficient (Wildman–Crippen LogP) is 1.78. The lowest BCUT2D eigenvalue weighted by molar-refractivity contribution is 0.743. The Kier molecular flexibility index (Phi) is 3.09. The van der Waals surface area contributed by atoms with Crippen LogP contribution in [0.1, 0.15) is 5.56 Å². The van der Waals surface area contributed by atoms with E-state index in [1.807, 2.05) is 24.3 Å². The normalized spacial score (nSPS) is 11.1. The first-order valence-electron chi connectivity index (χ1n) is 5.77. The van der Waals surface area contributed by atoms with Crippen LogP contribution >= 0.6 is 22.6 Å². The van der Waals surface area contributed by atoms with Crippen LogP contribution in [0.25, 0.3) is 11.0 Å². The van der Waals surface area contributed by atoms with E-state index in [9.17, 15) is 4.79 Å². The lowest BCUT2D eigenvalue weighted by Gasteiger charge is -2.06. The van der Waals surface area contributed by atoms with Gasteiger partial charge in [-0.1, -0.05) is 18.2 Å². The van der Waals surface area contributed by atoms with Gasteiger partial charge in [-0.05, 0) is 34.2 Å². The molecule has 0 fully saturated rings. The fourth-order valence-corrected chi connectivity index (χ4v) is 2.54. The second-order valence-electron chi connectivity index (χ2n) is 4.31. The van der Waals surface area contributed by atoms with Crippen LogP contribution in [0, 0.1) is 3.57 Å². The van der Waals surface area contributed by atoms with Crippen LogP contribution in [0.5, 0.6) is 0 Å². The number of hydrogen-bond acceptors (Lipinski definition) is 3. The molecule has 0 N–H and O–H groups in total. The van der Waals surface area contributed by atoms with E-state index in [2.05, 4.69) is 32.7 Å². The molecule has 5 nitrogen and oxygen atoms in total. The summed E-state index contributed by atoms with van der Waals surface area (Å²) in [4.78, 5) is 16.5. The van der Waals surface area contributed by atoms with Crippen molar-refractivity contribution in [1.29, 1.82) is 0 Å². The number of hydrogen-bond donors (Lipinski definition) is 0. The summed E-state index contributed by atoms with van der Waals surface area (Å²) in [7, 11) is 1.78. The molecular formula is C13H11IN4O. The van der Waals surface area contributed by atoms with E-state index < -0.39 is 0 Å². The van der Waals surface area contributed by atoms with Crippen molar-refractivity contribution >= 4 is 33.6 Å². The van der Waals surface area contributed by atoms with Gasteiger partial charge in [-0.2, -0.15) is 5.10 Å². The first-order valence-corrected chi connectivity index (χ1v) is 6.85. The number of nitrogens with zero attached hydrogens (tertiary/aromatic N) is 4. The Morgan fingerprint density at radius 3 is 2.89 bits per heavy atom. The van der Waals surface area contributed by atoms with Crippen molar-refractivity contribution < 1.29 is 0 Å². The molecule has 1 aromatic carbocycles. The largest absolute Gasteiger partial charge is 0.294 e. The highest BCUT2D eigenvalue weighted by molar-refractivity contribution is 14.1. The van der Waals surface area contributed by atoms with Crippen LogP contribution in [0.2, 0.25) is 0 Å². The van der Waals surface area contributed by atoms with Crippen molar-refractivity contribution in [3.63, 3.8) is 0 Å². The number of benzene rings is 1. The molecule has 19 heavy (non-hydrogen) atoms. The second kappa shape index (κ2) is 4.76. The molecule has 0 aliphatic carbocycles. The van der Waals surface area contributed by atoms with Gasteiger partial charge in [-0.25, -0.2) is 4.98 Å². The maximum absolute atomic E-state index is 12.3. The van der Waals surface area contributed by atoms with Crippen molar-refractivity contribution in [3.05, 3.63) is 56.3 Å². The first-order chi connectivity index (χ1) is 9.15. The number of halogens is 1. The van der Waals surface area contributed by atoms with E-state index in [0.717, 1.165) is 9.13 Å². The molecule has 2 heterocycles. The van der Waals surface area contributed by atoms with Gasteiger partial charge in [-0.3, -0.25) is 14.0 Å².